The number of carbonyl (C=O) groups is 2. The lowest BCUT2D eigenvalue weighted by Gasteiger charge is -2.24. The third kappa shape index (κ3) is 3.61. The van der Waals surface area contributed by atoms with E-state index >= 15 is 0 Å². The summed E-state index contributed by atoms with van der Waals surface area (Å²) >= 11 is 0. The van der Waals surface area contributed by atoms with Gasteiger partial charge in [-0.25, -0.2) is 4.79 Å². The first-order valence-electron chi connectivity index (χ1n) is 6.85. The fourth-order valence-electron chi connectivity index (χ4n) is 1.99. The van der Waals surface area contributed by atoms with Crippen molar-refractivity contribution in [3.05, 3.63) is 29.3 Å². The summed E-state index contributed by atoms with van der Waals surface area (Å²) in [5.74, 6) is -0.163. The van der Waals surface area contributed by atoms with Crippen molar-refractivity contribution in [2.24, 2.45) is 5.41 Å². The van der Waals surface area contributed by atoms with Crippen LogP contribution in [-0.2, 0) is 32.1 Å². The van der Waals surface area contributed by atoms with Crippen LogP contribution in [0.2, 0.25) is 0 Å². The molecular weight excluding hydrogens is 272 g/mol. The number of ether oxygens (including phenoxy) is 3. The van der Waals surface area contributed by atoms with Gasteiger partial charge in [0.15, 0.2) is 6.10 Å². The number of esters is 2. The summed E-state index contributed by atoms with van der Waals surface area (Å²) in [5, 5.41) is 0. The van der Waals surface area contributed by atoms with E-state index < -0.39 is 11.5 Å². The van der Waals surface area contributed by atoms with Crippen LogP contribution in [-0.4, -0.2) is 25.2 Å². The lowest BCUT2D eigenvalue weighted by molar-refractivity contribution is -0.155. The molecule has 0 spiro atoms. The van der Waals surface area contributed by atoms with E-state index in [1.54, 1.807) is 32.9 Å². The highest BCUT2D eigenvalue weighted by atomic mass is 16.6. The Balaban J connectivity index is 2.12. The summed E-state index contributed by atoms with van der Waals surface area (Å²) in [6, 6.07) is 5.38. The molecule has 0 aliphatic carbocycles. The molecule has 0 saturated heterocycles. The Labute approximate surface area is 124 Å². The molecule has 5 heteroatoms. The molecule has 0 fully saturated rings. The van der Waals surface area contributed by atoms with Gasteiger partial charge >= 0.3 is 11.9 Å². The minimum absolute atomic E-state index is 0.286. The molecule has 0 saturated carbocycles. The zero-order chi connectivity index (χ0) is 15.6. The minimum Gasteiger partial charge on any atom is -0.467 e. The maximum atomic E-state index is 11.9. The fourth-order valence-corrected chi connectivity index (χ4v) is 1.99. The van der Waals surface area contributed by atoms with Crippen LogP contribution in [0.5, 0.6) is 5.75 Å². The molecule has 5 nitrogen and oxygen atoms in total. The Morgan fingerprint density at radius 3 is 2.57 bits per heavy atom. The van der Waals surface area contributed by atoms with E-state index in [9.17, 15) is 9.59 Å². The van der Waals surface area contributed by atoms with Crippen molar-refractivity contribution in [3.63, 3.8) is 0 Å². The van der Waals surface area contributed by atoms with E-state index in [4.69, 9.17) is 9.47 Å². The highest BCUT2D eigenvalue weighted by Gasteiger charge is 2.27. The summed E-state index contributed by atoms with van der Waals surface area (Å²) < 4.78 is 15.5. The number of rotatable bonds is 2. The molecule has 114 valence electrons. The zero-order valence-electron chi connectivity index (χ0n) is 12.8. The third-order valence-electron chi connectivity index (χ3n) is 3.31. The molecule has 0 bridgehead atoms. The largest absolute Gasteiger partial charge is 0.467 e. The maximum Gasteiger partial charge on any atom is 0.335 e. The van der Waals surface area contributed by atoms with Crippen LogP contribution in [0.15, 0.2) is 18.2 Å². The van der Waals surface area contributed by atoms with E-state index in [1.807, 2.05) is 6.07 Å². The van der Waals surface area contributed by atoms with Crippen molar-refractivity contribution in [2.75, 3.05) is 7.11 Å². The number of hydrogen-bond acceptors (Lipinski definition) is 5. The lowest BCUT2D eigenvalue weighted by Crippen LogP contribution is -2.31. The van der Waals surface area contributed by atoms with Crippen LogP contribution in [0.3, 0.4) is 0 Å². The molecule has 21 heavy (non-hydrogen) atoms. The first-order valence-corrected chi connectivity index (χ1v) is 6.85. The van der Waals surface area contributed by atoms with Crippen LogP contribution in [0, 0.1) is 5.41 Å². The van der Waals surface area contributed by atoms with Crippen molar-refractivity contribution >= 4 is 11.9 Å². The van der Waals surface area contributed by atoms with Gasteiger partial charge in [-0.05, 0) is 44.0 Å². The standard InChI is InChI=1S/C16H20O5/c1-16(2,3)15(18)21-12-6-5-10-8-13(14(17)19-4)20-9-11(10)7-12/h5-7,13H,8-9H2,1-4H3. The van der Waals surface area contributed by atoms with Gasteiger partial charge in [-0.3, -0.25) is 4.79 Å². The summed E-state index contributed by atoms with van der Waals surface area (Å²) in [6.07, 6.45) is -0.0966. The van der Waals surface area contributed by atoms with Gasteiger partial charge in [-0.15, -0.1) is 0 Å². The third-order valence-corrected chi connectivity index (χ3v) is 3.31. The topological polar surface area (TPSA) is 61.8 Å². The molecule has 1 heterocycles. The normalized spacial score (nSPS) is 17.8. The molecule has 2 rings (SSSR count). The maximum absolute atomic E-state index is 11.9. The Bertz CT molecular complexity index is 556. The van der Waals surface area contributed by atoms with E-state index in [-0.39, 0.29) is 11.9 Å². The first kappa shape index (κ1) is 15.5. The second-order valence-electron chi connectivity index (χ2n) is 6.10. The SMILES string of the molecule is COC(=O)C1Cc2ccc(OC(=O)C(C)(C)C)cc2CO1. The van der Waals surface area contributed by atoms with Gasteiger partial charge in [0.05, 0.1) is 19.1 Å². The summed E-state index contributed by atoms with van der Waals surface area (Å²) in [7, 11) is 1.34. The van der Waals surface area contributed by atoms with Crippen molar-refractivity contribution < 1.29 is 23.8 Å². The van der Waals surface area contributed by atoms with E-state index in [0.717, 1.165) is 11.1 Å². The van der Waals surface area contributed by atoms with Crippen LogP contribution in [0.4, 0.5) is 0 Å². The van der Waals surface area contributed by atoms with Crippen molar-refractivity contribution in [2.45, 2.75) is 39.9 Å². The second-order valence-corrected chi connectivity index (χ2v) is 6.10. The highest BCUT2D eigenvalue weighted by Crippen LogP contribution is 2.27. The quantitative estimate of drug-likeness (QED) is 0.618. The molecule has 0 amide bonds. The van der Waals surface area contributed by atoms with Crippen molar-refractivity contribution in [3.8, 4) is 5.75 Å². The second kappa shape index (κ2) is 5.85. The number of methoxy groups -OCH3 is 1. The number of carbonyl (C=O) groups excluding carboxylic acids is 2. The van der Waals surface area contributed by atoms with Gasteiger partial charge in [0.2, 0.25) is 0 Å². The molecular formula is C16H20O5. The van der Waals surface area contributed by atoms with Crippen LogP contribution < -0.4 is 4.74 Å². The lowest BCUT2D eigenvalue weighted by atomic mass is 9.97. The number of benzene rings is 1. The Morgan fingerprint density at radius 2 is 1.95 bits per heavy atom. The van der Waals surface area contributed by atoms with Crippen LogP contribution >= 0.6 is 0 Å². The van der Waals surface area contributed by atoms with Gasteiger partial charge in [0, 0.05) is 6.42 Å². The monoisotopic (exact) mass is 292 g/mol. The average molecular weight is 292 g/mol. The smallest absolute Gasteiger partial charge is 0.335 e. The molecule has 1 unspecified atom stereocenters. The van der Waals surface area contributed by atoms with Crippen LogP contribution in [0.1, 0.15) is 31.9 Å². The molecule has 1 aliphatic heterocycles. The number of fused-ring (bicyclic) bond motifs is 1. The molecule has 0 N–H and O–H groups in total. The minimum atomic E-state index is -0.564. The summed E-state index contributed by atoms with van der Waals surface area (Å²) in [4.78, 5) is 23.4. The Kier molecular flexibility index (Phi) is 4.32. The first-order chi connectivity index (χ1) is 9.81. The Hall–Kier alpha value is -1.88. The fraction of sp³-hybridized carbons (Fsp3) is 0.500. The predicted octanol–water partition coefficient (Wildman–Crippen LogP) is 2.25. The van der Waals surface area contributed by atoms with Crippen molar-refractivity contribution in [1.29, 1.82) is 0 Å². The molecule has 0 radical (unpaired) electrons. The Morgan fingerprint density at radius 1 is 1.24 bits per heavy atom. The van der Waals surface area contributed by atoms with Crippen molar-refractivity contribution in [1.82, 2.24) is 0 Å². The van der Waals surface area contributed by atoms with Gasteiger partial charge < -0.3 is 14.2 Å². The highest BCUT2D eigenvalue weighted by molar-refractivity contribution is 5.78. The molecule has 1 aromatic carbocycles. The number of hydrogen-bond donors (Lipinski definition) is 0. The van der Waals surface area contributed by atoms with E-state index in [0.29, 0.717) is 18.8 Å². The molecule has 0 aromatic heterocycles. The van der Waals surface area contributed by atoms with Gasteiger partial charge in [0.25, 0.3) is 0 Å². The van der Waals surface area contributed by atoms with Gasteiger partial charge in [0.1, 0.15) is 5.75 Å². The van der Waals surface area contributed by atoms with Gasteiger partial charge in [-0.1, -0.05) is 6.07 Å². The molecule has 1 atom stereocenters. The van der Waals surface area contributed by atoms with Gasteiger partial charge in [-0.2, -0.15) is 0 Å². The van der Waals surface area contributed by atoms with E-state index in [2.05, 4.69) is 4.74 Å². The molecule has 1 aromatic rings. The zero-order valence-corrected chi connectivity index (χ0v) is 12.8. The predicted molar refractivity (Wildman–Crippen MR) is 75.8 cm³/mol. The van der Waals surface area contributed by atoms with Crippen LogP contribution in [0.25, 0.3) is 0 Å². The summed E-state index contributed by atoms with van der Waals surface area (Å²) in [5.41, 5.74) is 1.38. The summed E-state index contributed by atoms with van der Waals surface area (Å²) in [6.45, 7) is 5.71. The van der Waals surface area contributed by atoms with E-state index in [1.165, 1.54) is 7.11 Å². The average Bonchev–Trinajstić information content (AvgIpc) is 2.44. The molecule has 1 aliphatic rings.